The Kier molecular flexibility index (Phi) is 4.46. The first-order valence-corrected chi connectivity index (χ1v) is 8.81. The van der Waals surface area contributed by atoms with E-state index in [0.717, 1.165) is 24.8 Å². The Morgan fingerprint density at radius 1 is 1.00 bits per heavy atom. The summed E-state index contributed by atoms with van der Waals surface area (Å²) < 4.78 is 0. The number of rotatable bonds is 4. The van der Waals surface area contributed by atoms with Crippen molar-refractivity contribution < 1.29 is 9.59 Å². The Bertz CT molecular complexity index is 587. The lowest BCUT2D eigenvalue weighted by Gasteiger charge is -2.38. The van der Waals surface area contributed by atoms with Crippen molar-refractivity contribution in [1.82, 2.24) is 0 Å². The number of fused-ring (bicyclic) bond motifs is 2. The third-order valence-electron chi connectivity index (χ3n) is 5.55. The van der Waals surface area contributed by atoms with Crippen LogP contribution in [0.25, 0.3) is 0 Å². The average molecular weight is 298 g/mol. The van der Waals surface area contributed by atoms with E-state index in [9.17, 15) is 9.59 Å². The monoisotopic (exact) mass is 298 g/mol. The molecule has 0 amide bonds. The zero-order chi connectivity index (χ0) is 15.7. The van der Waals surface area contributed by atoms with Gasteiger partial charge in [-0.25, -0.2) is 0 Å². The Morgan fingerprint density at radius 2 is 1.77 bits per heavy atom. The highest BCUT2D eigenvalue weighted by atomic mass is 16.1. The first-order chi connectivity index (χ1) is 10.6. The summed E-state index contributed by atoms with van der Waals surface area (Å²) in [5.41, 5.74) is 2.41. The predicted molar refractivity (Wildman–Crippen MR) is 88.3 cm³/mol. The summed E-state index contributed by atoms with van der Waals surface area (Å²) in [5.74, 6) is 0.971. The highest BCUT2D eigenvalue weighted by Crippen LogP contribution is 2.43. The normalized spacial score (nSPS) is 27.5. The maximum atomic E-state index is 12.8. The lowest BCUT2D eigenvalue weighted by Crippen LogP contribution is -2.40. The molecular weight excluding hydrogens is 272 g/mol. The molecule has 22 heavy (non-hydrogen) atoms. The molecule has 2 nitrogen and oxygen atoms in total. The maximum absolute atomic E-state index is 12.8. The minimum absolute atomic E-state index is 0.0516. The molecule has 3 unspecified atom stereocenters. The number of carbonyl (C=O) groups excluding carboxylic acids is 2. The van der Waals surface area contributed by atoms with E-state index in [1.807, 2.05) is 25.1 Å². The fraction of sp³-hybridized carbons (Fsp3) is 0.600. The number of benzene rings is 1. The van der Waals surface area contributed by atoms with Gasteiger partial charge in [-0.15, -0.1) is 0 Å². The molecule has 0 radical (unpaired) electrons. The van der Waals surface area contributed by atoms with Crippen LogP contribution in [0.4, 0.5) is 0 Å². The molecular formula is C20H26O2. The zero-order valence-corrected chi connectivity index (χ0v) is 13.7. The number of unbranched alkanes of at least 4 members (excludes halogenated alkanes) is 2. The molecule has 1 aromatic rings. The van der Waals surface area contributed by atoms with E-state index < -0.39 is 0 Å². The van der Waals surface area contributed by atoms with E-state index in [2.05, 4.69) is 6.92 Å². The molecule has 3 atom stereocenters. The van der Waals surface area contributed by atoms with Crippen LogP contribution in [0, 0.1) is 24.7 Å². The molecule has 0 bridgehead atoms. The van der Waals surface area contributed by atoms with E-state index in [1.165, 1.54) is 25.7 Å². The lowest BCUT2D eigenvalue weighted by atomic mass is 9.64. The van der Waals surface area contributed by atoms with Crippen LogP contribution >= 0.6 is 0 Å². The Balaban J connectivity index is 1.80. The standard InChI is InChI=1S/C20H26O2/c1-3-4-5-6-14-8-10-16-18(12-14)20(22)15-9-7-13(2)11-17(15)19(16)21/h7,9,11,14,16,18H,3-6,8,10,12H2,1-2H3. The molecule has 0 aliphatic heterocycles. The zero-order valence-electron chi connectivity index (χ0n) is 13.7. The van der Waals surface area contributed by atoms with Crippen molar-refractivity contribution in [3.63, 3.8) is 0 Å². The van der Waals surface area contributed by atoms with Crippen molar-refractivity contribution in [2.75, 3.05) is 0 Å². The summed E-state index contributed by atoms with van der Waals surface area (Å²) in [4.78, 5) is 25.6. The Labute approximate surface area is 133 Å². The SMILES string of the molecule is CCCCCC1CCC2C(=O)c3cc(C)ccc3C(=O)C2C1. The number of hydrogen-bond donors (Lipinski definition) is 0. The summed E-state index contributed by atoms with van der Waals surface area (Å²) in [7, 11) is 0. The molecule has 0 saturated heterocycles. The molecule has 2 heteroatoms. The summed E-state index contributed by atoms with van der Waals surface area (Å²) in [6.07, 6.45) is 7.94. The molecule has 0 heterocycles. The van der Waals surface area contributed by atoms with Crippen LogP contribution < -0.4 is 0 Å². The van der Waals surface area contributed by atoms with Crippen molar-refractivity contribution >= 4 is 11.6 Å². The van der Waals surface area contributed by atoms with Gasteiger partial charge >= 0.3 is 0 Å². The van der Waals surface area contributed by atoms with Gasteiger partial charge in [-0.2, -0.15) is 0 Å². The Morgan fingerprint density at radius 3 is 2.55 bits per heavy atom. The van der Waals surface area contributed by atoms with E-state index >= 15 is 0 Å². The molecule has 2 aliphatic carbocycles. The van der Waals surface area contributed by atoms with Crippen molar-refractivity contribution in [3.8, 4) is 0 Å². The van der Waals surface area contributed by atoms with Gasteiger partial charge in [-0.05, 0) is 38.2 Å². The third-order valence-corrected chi connectivity index (χ3v) is 5.55. The molecule has 3 rings (SSSR count). The van der Waals surface area contributed by atoms with Gasteiger partial charge in [-0.1, -0.05) is 50.3 Å². The van der Waals surface area contributed by atoms with E-state index in [4.69, 9.17) is 0 Å². The van der Waals surface area contributed by atoms with E-state index in [-0.39, 0.29) is 23.4 Å². The van der Waals surface area contributed by atoms with Crippen LogP contribution in [0.1, 0.15) is 78.1 Å². The molecule has 0 N–H and O–H groups in total. The van der Waals surface area contributed by atoms with Crippen LogP contribution in [0.2, 0.25) is 0 Å². The van der Waals surface area contributed by atoms with Gasteiger partial charge in [0, 0.05) is 23.0 Å². The van der Waals surface area contributed by atoms with Gasteiger partial charge in [0.25, 0.3) is 0 Å². The summed E-state index contributed by atoms with van der Waals surface area (Å²) in [6.45, 7) is 4.20. The highest BCUT2D eigenvalue weighted by molar-refractivity contribution is 6.16. The largest absolute Gasteiger partial charge is 0.294 e. The summed E-state index contributed by atoms with van der Waals surface area (Å²) in [5, 5.41) is 0. The molecule has 2 aliphatic rings. The van der Waals surface area contributed by atoms with Crippen molar-refractivity contribution in [3.05, 3.63) is 34.9 Å². The predicted octanol–water partition coefficient (Wildman–Crippen LogP) is 4.99. The first kappa shape index (κ1) is 15.5. The molecule has 0 spiro atoms. The van der Waals surface area contributed by atoms with Crippen LogP contribution in [0.3, 0.4) is 0 Å². The van der Waals surface area contributed by atoms with Crippen LogP contribution in [0.15, 0.2) is 18.2 Å². The fourth-order valence-electron chi connectivity index (χ4n) is 4.28. The molecule has 1 aromatic carbocycles. The van der Waals surface area contributed by atoms with E-state index in [0.29, 0.717) is 17.0 Å². The van der Waals surface area contributed by atoms with Gasteiger partial charge in [0.2, 0.25) is 0 Å². The number of aryl methyl sites for hydroxylation is 1. The second-order valence-corrected chi connectivity index (χ2v) is 7.17. The van der Waals surface area contributed by atoms with Gasteiger partial charge in [0.1, 0.15) is 0 Å². The first-order valence-electron chi connectivity index (χ1n) is 8.81. The molecule has 1 saturated carbocycles. The second kappa shape index (κ2) is 6.36. The van der Waals surface area contributed by atoms with E-state index in [1.54, 1.807) is 0 Å². The smallest absolute Gasteiger partial charge is 0.167 e. The average Bonchev–Trinajstić information content (AvgIpc) is 2.53. The topological polar surface area (TPSA) is 34.1 Å². The van der Waals surface area contributed by atoms with Crippen LogP contribution in [-0.4, -0.2) is 11.6 Å². The van der Waals surface area contributed by atoms with Crippen LogP contribution in [0.5, 0.6) is 0 Å². The highest BCUT2D eigenvalue weighted by Gasteiger charge is 2.44. The van der Waals surface area contributed by atoms with Crippen LogP contribution in [-0.2, 0) is 0 Å². The van der Waals surface area contributed by atoms with Crippen molar-refractivity contribution in [2.24, 2.45) is 17.8 Å². The van der Waals surface area contributed by atoms with Gasteiger partial charge in [-0.3, -0.25) is 9.59 Å². The molecule has 118 valence electrons. The minimum Gasteiger partial charge on any atom is -0.294 e. The van der Waals surface area contributed by atoms with Gasteiger partial charge in [0.05, 0.1) is 0 Å². The lowest BCUT2D eigenvalue weighted by molar-refractivity contribution is 0.0623. The second-order valence-electron chi connectivity index (χ2n) is 7.17. The van der Waals surface area contributed by atoms with Crippen molar-refractivity contribution in [2.45, 2.75) is 58.8 Å². The number of hydrogen-bond acceptors (Lipinski definition) is 2. The Hall–Kier alpha value is -1.44. The number of carbonyl (C=O) groups is 2. The maximum Gasteiger partial charge on any atom is 0.167 e. The summed E-state index contributed by atoms with van der Waals surface area (Å²) in [6, 6.07) is 5.72. The third kappa shape index (κ3) is 2.76. The minimum atomic E-state index is -0.0527. The number of Topliss-reactive ketones (excluding diaryl/α,β-unsaturated/α-hetero) is 2. The summed E-state index contributed by atoms with van der Waals surface area (Å²) >= 11 is 0. The fourth-order valence-corrected chi connectivity index (χ4v) is 4.28. The van der Waals surface area contributed by atoms with Gasteiger partial charge < -0.3 is 0 Å². The van der Waals surface area contributed by atoms with Crippen molar-refractivity contribution in [1.29, 1.82) is 0 Å². The number of ketones is 2. The molecule has 0 aromatic heterocycles. The molecule has 1 fully saturated rings. The quantitative estimate of drug-likeness (QED) is 0.734. The van der Waals surface area contributed by atoms with Gasteiger partial charge in [0.15, 0.2) is 11.6 Å².